The highest BCUT2D eigenvalue weighted by Crippen LogP contribution is 2.19. The minimum Gasteiger partial charge on any atom is -0.389 e. The molecule has 0 spiro atoms. The fraction of sp³-hybridized carbons (Fsp3) is 0.500. The van der Waals surface area contributed by atoms with Gasteiger partial charge < -0.3 is 11.1 Å². The lowest BCUT2D eigenvalue weighted by Crippen LogP contribution is -2.20. The van der Waals surface area contributed by atoms with E-state index in [2.05, 4.69) is 32.2 Å². The summed E-state index contributed by atoms with van der Waals surface area (Å²) in [6, 6.07) is 6.57. The molecule has 1 aromatic rings. The normalized spacial score (nSPS) is 12.2. The van der Waals surface area contributed by atoms with Crippen LogP contribution in [-0.4, -0.2) is 22.5 Å². The summed E-state index contributed by atoms with van der Waals surface area (Å²) in [7, 11) is 0. The molecule has 1 rings (SSSR count). The molecule has 3 N–H and O–H groups in total. The molecule has 0 aliphatic rings. The van der Waals surface area contributed by atoms with Crippen molar-refractivity contribution >= 4 is 34.7 Å². The van der Waals surface area contributed by atoms with Crippen LogP contribution in [0.2, 0.25) is 0 Å². The molecule has 100 valence electrons. The Bertz CT molecular complexity index is 405. The van der Waals surface area contributed by atoms with E-state index in [0.29, 0.717) is 11.0 Å². The highest BCUT2D eigenvalue weighted by Gasteiger charge is 2.08. The zero-order valence-electron chi connectivity index (χ0n) is 11.3. The Morgan fingerprint density at radius 3 is 2.83 bits per heavy atom. The van der Waals surface area contributed by atoms with Crippen LogP contribution in [0.1, 0.15) is 31.4 Å². The first-order valence-corrected chi connectivity index (χ1v) is 7.85. The predicted octanol–water partition coefficient (Wildman–Crippen LogP) is 3.57. The van der Waals surface area contributed by atoms with Crippen molar-refractivity contribution in [2.75, 3.05) is 16.8 Å². The molecule has 1 atom stereocenters. The van der Waals surface area contributed by atoms with Gasteiger partial charge in [0.05, 0.1) is 0 Å². The van der Waals surface area contributed by atoms with Crippen LogP contribution >= 0.6 is 24.0 Å². The van der Waals surface area contributed by atoms with Crippen molar-refractivity contribution in [2.45, 2.75) is 33.2 Å². The van der Waals surface area contributed by atoms with Crippen LogP contribution in [0.3, 0.4) is 0 Å². The third-order valence-electron chi connectivity index (χ3n) is 2.74. The molecule has 0 amide bonds. The number of nitrogens with one attached hydrogen (secondary N) is 1. The first kappa shape index (κ1) is 15.3. The number of rotatable bonds is 7. The van der Waals surface area contributed by atoms with E-state index in [1.807, 2.05) is 23.9 Å². The summed E-state index contributed by atoms with van der Waals surface area (Å²) in [5, 5.41) is 3.51. The second-order valence-electron chi connectivity index (χ2n) is 4.44. The van der Waals surface area contributed by atoms with Crippen LogP contribution in [0, 0.1) is 6.92 Å². The van der Waals surface area contributed by atoms with Gasteiger partial charge in [-0.05, 0) is 49.5 Å². The van der Waals surface area contributed by atoms with Gasteiger partial charge in [-0.25, -0.2) is 0 Å². The Morgan fingerprint density at radius 2 is 2.22 bits per heavy atom. The van der Waals surface area contributed by atoms with E-state index in [-0.39, 0.29) is 0 Å². The van der Waals surface area contributed by atoms with Crippen LogP contribution in [0.25, 0.3) is 0 Å². The highest BCUT2D eigenvalue weighted by atomic mass is 32.2. The van der Waals surface area contributed by atoms with Gasteiger partial charge in [-0.3, -0.25) is 0 Å². The molecular formula is C14H22N2S2. The molecule has 0 radical (unpaired) electrons. The lowest BCUT2D eigenvalue weighted by atomic mass is 10.1. The molecule has 0 saturated carbocycles. The number of thiocarbonyl (C=S) groups is 1. The Kier molecular flexibility index (Phi) is 6.50. The van der Waals surface area contributed by atoms with Crippen LogP contribution in [0.5, 0.6) is 0 Å². The van der Waals surface area contributed by atoms with Gasteiger partial charge in [0, 0.05) is 17.3 Å². The number of thioether (sulfide) groups is 1. The molecule has 0 fully saturated rings. The van der Waals surface area contributed by atoms with Gasteiger partial charge in [0.2, 0.25) is 0 Å². The van der Waals surface area contributed by atoms with E-state index in [4.69, 9.17) is 18.0 Å². The summed E-state index contributed by atoms with van der Waals surface area (Å²) in [6.45, 7) is 6.46. The smallest absolute Gasteiger partial charge is 0.106 e. The minimum absolute atomic E-state index is 0.430. The summed E-state index contributed by atoms with van der Waals surface area (Å²) in [5.41, 5.74) is 8.95. The van der Waals surface area contributed by atoms with Crippen molar-refractivity contribution < 1.29 is 0 Å². The Balaban J connectivity index is 2.70. The monoisotopic (exact) mass is 282 g/mol. The third-order valence-corrected chi connectivity index (χ3v) is 3.89. The molecule has 0 bridgehead atoms. The van der Waals surface area contributed by atoms with E-state index >= 15 is 0 Å². The maximum Gasteiger partial charge on any atom is 0.106 e. The molecule has 1 aromatic carbocycles. The number of nitrogens with two attached hydrogens (primary N) is 1. The third kappa shape index (κ3) is 4.86. The molecule has 0 aromatic heterocycles. The molecule has 0 aliphatic carbocycles. The number of hydrogen-bond acceptors (Lipinski definition) is 3. The van der Waals surface area contributed by atoms with E-state index in [0.717, 1.165) is 17.7 Å². The molecule has 0 aliphatic heterocycles. The summed E-state index contributed by atoms with van der Waals surface area (Å²) in [5.74, 6) is 2.36. The summed E-state index contributed by atoms with van der Waals surface area (Å²) in [4.78, 5) is 0.452. The molecule has 4 heteroatoms. The second kappa shape index (κ2) is 7.64. The highest BCUT2D eigenvalue weighted by molar-refractivity contribution is 7.99. The van der Waals surface area contributed by atoms with Crippen LogP contribution in [0.4, 0.5) is 5.69 Å². The van der Waals surface area contributed by atoms with Crippen LogP contribution in [-0.2, 0) is 0 Å². The lowest BCUT2D eigenvalue weighted by Gasteiger charge is -2.18. The number of anilines is 1. The summed E-state index contributed by atoms with van der Waals surface area (Å²) in [6.07, 6.45) is 1.14. The first-order chi connectivity index (χ1) is 8.54. The van der Waals surface area contributed by atoms with Crippen molar-refractivity contribution in [3.05, 3.63) is 29.3 Å². The topological polar surface area (TPSA) is 38.0 Å². The van der Waals surface area contributed by atoms with Crippen molar-refractivity contribution in [3.8, 4) is 0 Å². The summed E-state index contributed by atoms with van der Waals surface area (Å²) >= 11 is 7.06. The van der Waals surface area contributed by atoms with Crippen LogP contribution < -0.4 is 11.1 Å². The van der Waals surface area contributed by atoms with E-state index in [9.17, 15) is 0 Å². The maximum atomic E-state index is 5.75. The van der Waals surface area contributed by atoms with Gasteiger partial charge >= 0.3 is 0 Å². The zero-order chi connectivity index (χ0) is 13.5. The van der Waals surface area contributed by atoms with Gasteiger partial charge in [-0.15, -0.1) is 0 Å². The average molecular weight is 282 g/mol. The average Bonchev–Trinajstić information content (AvgIpc) is 2.29. The van der Waals surface area contributed by atoms with Gasteiger partial charge in [-0.2, -0.15) is 11.8 Å². The van der Waals surface area contributed by atoms with E-state index in [1.54, 1.807) is 0 Å². The quantitative estimate of drug-likeness (QED) is 0.592. The SMILES string of the molecule is CCSCCC(C)Nc1cc(C)ccc1C(N)=S. The molecular weight excluding hydrogens is 260 g/mol. The zero-order valence-corrected chi connectivity index (χ0v) is 13.0. The Labute approximate surface area is 120 Å². The number of aryl methyl sites for hydroxylation is 1. The first-order valence-electron chi connectivity index (χ1n) is 6.29. The largest absolute Gasteiger partial charge is 0.389 e. The summed E-state index contributed by atoms with van der Waals surface area (Å²) < 4.78 is 0. The number of benzene rings is 1. The van der Waals surface area contributed by atoms with Crippen molar-refractivity contribution in [3.63, 3.8) is 0 Å². The molecule has 0 saturated heterocycles. The number of hydrogen-bond donors (Lipinski definition) is 2. The van der Waals surface area contributed by atoms with Gasteiger partial charge in [0.15, 0.2) is 0 Å². The van der Waals surface area contributed by atoms with E-state index in [1.165, 1.54) is 17.1 Å². The minimum atomic E-state index is 0.430. The molecule has 2 nitrogen and oxygen atoms in total. The maximum absolute atomic E-state index is 5.75. The predicted molar refractivity (Wildman–Crippen MR) is 87.8 cm³/mol. The van der Waals surface area contributed by atoms with Crippen LogP contribution in [0.15, 0.2) is 18.2 Å². The molecule has 1 unspecified atom stereocenters. The van der Waals surface area contributed by atoms with Gasteiger partial charge in [0.25, 0.3) is 0 Å². The van der Waals surface area contributed by atoms with Gasteiger partial charge in [0.1, 0.15) is 4.99 Å². The Hall–Kier alpha value is -0.740. The fourth-order valence-electron chi connectivity index (χ4n) is 1.73. The van der Waals surface area contributed by atoms with Gasteiger partial charge in [-0.1, -0.05) is 25.2 Å². The fourth-order valence-corrected chi connectivity index (χ4v) is 2.72. The van der Waals surface area contributed by atoms with Crippen molar-refractivity contribution in [2.24, 2.45) is 5.73 Å². The lowest BCUT2D eigenvalue weighted by molar-refractivity contribution is 0.771. The molecule has 0 heterocycles. The van der Waals surface area contributed by atoms with Crippen molar-refractivity contribution in [1.82, 2.24) is 0 Å². The second-order valence-corrected chi connectivity index (χ2v) is 6.28. The Morgan fingerprint density at radius 1 is 1.50 bits per heavy atom. The standard InChI is InChI=1S/C14H22N2S2/c1-4-18-8-7-11(3)16-13-9-10(2)5-6-12(13)14(15)17/h5-6,9,11,16H,4,7-8H2,1-3H3,(H2,15,17). The van der Waals surface area contributed by atoms with Crippen molar-refractivity contribution in [1.29, 1.82) is 0 Å². The molecule has 18 heavy (non-hydrogen) atoms. The van der Waals surface area contributed by atoms with E-state index < -0.39 is 0 Å².